The van der Waals surface area contributed by atoms with Gasteiger partial charge in [0.25, 0.3) is 10.0 Å². The first-order valence-corrected chi connectivity index (χ1v) is 6.75. The Balaban J connectivity index is 2.30. The number of halogens is 2. The summed E-state index contributed by atoms with van der Waals surface area (Å²) in [5.41, 5.74) is 0.265. The normalized spacial score (nSPS) is 10.8. The predicted octanol–water partition coefficient (Wildman–Crippen LogP) is 2.03. The molecule has 0 amide bonds. The van der Waals surface area contributed by atoms with Crippen LogP contribution in [-0.4, -0.2) is 13.4 Å². The highest BCUT2D eigenvalue weighted by molar-refractivity contribution is 7.92. The van der Waals surface area contributed by atoms with Crippen molar-refractivity contribution in [1.82, 2.24) is 4.98 Å². The molecule has 0 fully saturated rings. The summed E-state index contributed by atoms with van der Waals surface area (Å²) in [6.07, 6.45) is 1.18. The first kappa shape index (κ1) is 13.9. The molecule has 0 spiro atoms. The molecule has 1 aromatic heterocycles. The van der Waals surface area contributed by atoms with Crippen LogP contribution in [0.3, 0.4) is 0 Å². The van der Waals surface area contributed by atoms with Gasteiger partial charge in [0, 0.05) is 6.20 Å². The Labute approximate surface area is 113 Å². The monoisotopic (exact) mass is 295 g/mol. The van der Waals surface area contributed by atoms with E-state index in [9.17, 15) is 17.2 Å². The predicted molar refractivity (Wildman–Crippen MR) is 66.1 cm³/mol. The van der Waals surface area contributed by atoms with Gasteiger partial charge in [-0.05, 0) is 30.3 Å². The van der Waals surface area contributed by atoms with Crippen LogP contribution < -0.4 is 4.72 Å². The smallest absolute Gasteiger partial charge is 0.263 e. The minimum atomic E-state index is -4.07. The van der Waals surface area contributed by atoms with Crippen molar-refractivity contribution in [3.8, 4) is 6.07 Å². The van der Waals surface area contributed by atoms with Gasteiger partial charge in [-0.25, -0.2) is 22.2 Å². The Kier molecular flexibility index (Phi) is 3.63. The van der Waals surface area contributed by atoms with Crippen LogP contribution in [0.2, 0.25) is 0 Å². The average molecular weight is 295 g/mol. The molecule has 0 saturated heterocycles. The number of aromatic nitrogens is 1. The summed E-state index contributed by atoms with van der Waals surface area (Å²) in [6, 6.07) is 6.71. The lowest BCUT2D eigenvalue weighted by Gasteiger charge is -2.07. The molecule has 0 aliphatic rings. The van der Waals surface area contributed by atoms with Gasteiger partial charge in [0.05, 0.1) is 10.5 Å². The average Bonchev–Trinajstić information content (AvgIpc) is 2.42. The second-order valence-corrected chi connectivity index (χ2v) is 5.41. The zero-order valence-corrected chi connectivity index (χ0v) is 10.7. The van der Waals surface area contributed by atoms with Gasteiger partial charge in [0.2, 0.25) is 0 Å². The standard InChI is InChI=1S/C12H7F2N3O2S/c13-10-3-2-9(5-11(10)14)20(18,19)17-12-4-1-8(6-15)7-16-12/h1-5,7H,(H,16,17). The lowest BCUT2D eigenvalue weighted by atomic mass is 10.3. The molecule has 0 unspecified atom stereocenters. The topological polar surface area (TPSA) is 82.9 Å². The van der Waals surface area contributed by atoms with E-state index in [1.165, 1.54) is 18.3 Å². The summed E-state index contributed by atoms with van der Waals surface area (Å²) < 4.78 is 51.7. The minimum Gasteiger partial charge on any atom is -0.263 e. The van der Waals surface area contributed by atoms with Crippen LogP contribution in [0.15, 0.2) is 41.4 Å². The molecule has 102 valence electrons. The fourth-order valence-electron chi connectivity index (χ4n) is 1.36. The van der Waals surface area contributed by atoms with Crippen molar-refractivity contribution in [3.63, 3.8) is 0 Å². The Morgan fingerprint density at radius 3 is 2.45 bits per heavy atom. The summed E-state index contributed by atoms with van der Waals surface area (Å²) in [7, 11) is -4.07. The summed E-state index contributed by atoms with van der Waals surface area (Å²) in [6.45, 7) is 0. The van der Waals surface area contributed by atoms with Gasteiger partial charge in [-0.1, -0.05) is 0 Å². The number of pyridine rings is 1. The molecule has 2 rings (SSSR count). The largest absolute Gasteiger partial charge is 0.263 e. The van der Waals surface area contributed by atoms with E-state index in [-0.39, 0.29) is 11.4 Å². The molecule has 0 aliphatic heterocycles. The molecule has 1 heterocycles. The summed E-state index contributed by atoms with van der Waals surface area (Å²) in [5, 5.41) is 8.59. The third-order valence-electron chi connectivity index (χ3n) is 2.33. The fraction of sp³-hybridized carbons (Fsp3) is 0. The highest BCUT2D eigenvalue weighted by Crippen LogP contribution is 2.17. The maximum atomic E-state index is 13.0. The van der Waals surface area contributed by atoms with E-state index in [4.69, 9.17) is 5.26 Å². The van der Waals surface area contributed by atoms with Crippen molar-refractivity contribution < 1.29 is 17.2 Å². The van der Waals surface area contributed by atoms with Crippen LogP contribution >= 0.6 is 0 Å². The Morgan fingerprint density at radius 2 is 1.90 bits per heavy atom. The maximum Gasteiger partial charge on any atom is 0.263 e. The Morgan fingerprint density at radius 1 is 1.15 bits per heavy atom. The lowest BCUT2D eigenvalue weighted by molar-refractivity contribution is 0.504. The van der Waals surface area contributed by atoms with E-state index in [0.717, 1.165) is 12.1 Å². The first-order chi connectivity index (χ1) is 9.42. The van der Waals surface area contributed by atoms with Crippen LogP contribution in [0.25, 0.3) is 0 Å². The molecule has 20 heavy (non-hydrogen) atoms. The quantitative estimate of drug-likeness (QED) is 0.939. The minimum absolute atomic E-state index is 0.0336. The first-order valence-electron chi connectivity index (χ1n) is 5.26. The van der Waals surface area contributed by atoms with Gasteiger partial charge in [0.15, 0.2) is 11.6 Å². The number of rotatable bonds is 3. The highest BCUT2D eigenvalue weighted by atomic mass is 32.2. The van der Waals surface area contributed by atoms with Crippen molar-refractivity contribution >= 4 is 15.8 Å². The van der Waals surface area contributed by atoms with E-state index >= 15 is 0 Å². The zero-order chi connectivity index (χ0) is 14.8. The third kappa shape index (κ3) is 2.89. The second kappa shape index (κ2) is 5.22. The number of sulfonamides is 1. The van der Waals surface area contributed by atoms with Crippen molar-refractivity contribution in [3.05, 3.63) is 53.7 Å². The molecule has 0 atom stereocenters. The fourth-order valence-corrected chi connectivity index (χ4v) is 2.38. The number of benzene rings is 1. The van der Waals surface area contributed by atoms with E-state index in [1.54, 1.807) is 0 Å². The summed E-state index contributed by atoms with van der Waals surface area (Å²) in [4.78, 5) is 3.29. The van der Waals surface area contributed by atoms with E-state index in [1.807, 2.05) is 6.07 Å². The molecule has 0 bridgehead atoms. The van der Waals surface area contributed by atoms with Crippen LogP contribution in [0.5, 0.6) is 0 Å². The number of nitriles is 1. The Bertz CT molecular complexity index is 783. The third-order valence-corrected chi connectivity index (χ3v) is 3.69. The molecular weight excluding hydrogens is 288 g/mol. The van der Waals surface area contributed by atoms with Crippen LogP contribution in [-0.2, 0) is 10.0 Å². The number of hydrogen-bond donors (Lipinski definition) is 1. The number of hydrogen-bond acceptors (Lipinski definition) is 4. The molecule has 1 N–H and O–H groups in total. The lowest BCUT2D eigenvalue weighted by Crippen LogP contribution is -2.14. The zero-order valence-electron chi connectivity index (χ0n) is 9.84. The van der Waals surface area contributed by atoms with Crippen LogP contribution in [0.4, 0.5) is 14.6 Å². The Hall–Kier alpha value is -2.53. The summed E-state index contributed by atoms with van der Waals surface area (Å²) >= 11 is 0. The van der Waals surface area contributed by atoms with Gasteiger partial charge < -0.3 is 0 Å². The molecule has 0 radical (unpaired) electrons. The van der Waals surface area contributed by atoms with Gasteiger partial charge in [0.1, 0.15) is 11.9 Å². The van der Waals surface area contributed by atoms with Crippen molar-refractivity contribution in [2.45, 2.75) is 4.90 Å². The van der Waals surface area contributed by atoms with Crippen LogP contribution in [0, 0.1) is 23.0 Å². The van der Waals surface area contributed by atoms with Crippen LogP contribution in [0.1, 0.15) is 5.56 Å². The molecule has 8 heteroatoms. The molecule has 1 aromatic carbocycles. The highest BCUT2D eigenvalue weighted by Gasteiger charge is 2.17. The molecule has 0 aliphatic carbocycles. The molecular formula is C12H7F2N3O2S. The van der Waals surface area contributed by atoms with Gasteiger partial charge in [-0.2, -0.15) is 5.26 Å². The molecule has 5 nitrogen and oxygen atoms in total. The van der Waals surface area contributed by atoms with Crippen molar-refractivity contribution in [1.29, 1.82) is 5.26 Å². The van der Waals surface area contributed by atoms with Gasteiger partial charge in [-0.15, -0.1) is 0 Å². The molecule has 2 aromatic rings. The summed E-state index contributed by atoms with van der Waals surface area (Å²) in [5.74, 6) is -2.44. The van der Waals surface area contributed by atoms with Gasteiger partial charge in [-0.3, -0.25) is 4.72 Å². The van der Waals surface area contributed by atoms with E-state index in [0.29, 0.717) is 6.07 Å². The maximum absolute atomic E-state index is 13.0. The van der Waals surface area contributed by atoms with Crippen molar-refractivity contribution in [2.75, 3.05) is 4.72 Å². The van der Waals surface area contributed by atoms with E-state index in [2.05, 4.69) is 9.71 Å². The number of anilines is 1. The molecule has 0 saturated carbocycles. The second-order valence-electron chi connectivity index (χ2n) is 3.73. The van der Waals surface area contributed by atoms with Crippen molar-refractivity contribution in [2.24, 2.45) is 0 Å². The number of nitrogens with one attached hydrogen (secondary N) is 1. The van der Waals surface area contributed by atoms with Gasteiger partial charge >= 0.3 is 0 Å². The SMILES string of the molecule is N#Cc1ccc(NS(=O)(=O)c2ccc(F)c(F)c2)nc1. The van der Waals surface area contributed by atoms with E-state index < -0.39 is 26.6 Å². The number of nitrogens with zero attached hydrogens (tertiary/aromatic N) is 2.